The number of nitrogens with zero attached hydrogens (tertiary/aromatic N) is 3. The highest BCUT2D eigenvalue weighted by Gasteiger charge is 2.31. The van der Waals surface area contributed by atoms with E-state index in [-0.39, 0.29) is 18.2 Å². The number of hydrogen-bond acceptors (Lipinski definition) is 4. The van der Waals surface area contributed by atoms with E-state index in [1.54, 1.807) is 6.20 Å². The molecule has 1 saturated heterocycles. The lowest BCUT2D eigenvalue weighted by atomic mass is 10.0. The highest BCUT2D eigenvalue weighted by atomic mass is 16.2. The minimum atomic E-state index is -0.438. The molecule has 2 aromatic rings. The summed E-state index contributed by atoms with van der Waals surface area (Å²) in [6.07, 6.45) is 4.46. The SMILES string of the molecule is Cc1ccccc1CN1CCNC(=O)[C@@H]1CC(=O)NCCc1nccn1C. The van der Waals surface area contributed by atoms with Gasteiger partial charge in [0.25, 0.3) is 0 Å². The van der Waals surface area contributed by atoms with Crippen molar-refractivity contribution in [1.29, 1.82) is 0 Å². The average Bonchev–Trinajstić information content (AvgIpc) is 3.05. The van der Waals surface area contributed by atoms with Crippen molar-refractivity contribution >= 4 is 11.8 Å². The largest absolute Gasteiger partial charge is 0.356 e. The Kier molecular flexibility index (Phi) is 6.24. The van der Waals surface area contributed by atoms with E-state index in [4.69, 9.17) is 0 Å². The molecule has 0 bridgehead atoms. The summed E-state index contributed by atoms with van der Waals surface area (Å²) in [7, 11) is 1.93. The normalized spacial score (nSPS) is 17.6. The van der Waals surface area contributed by atoms with Gasteiger partial charge in [0.15, 0.2) is 0 Å². The zero-order chi connectivity index (χ0) is 19.2. The summed E-state index contributed by atoms with van der Waals surface area (Å²) >= 11 is 0. The van der Waals surface area contributed by atoms with Crippen molar-refractivity contribution in [3.05, 3.63) is 53.6 Å². The number of aromatic nitrogens is 2. The van der Waals surface area contributed by atoms with Gasteiger partial charge in [-0.2, -0.15) is 0 Å². The Morgan fingerprint density at radius 3 is 2.93 bits per heavy atom. The van der Waals surface area contributed by atoms with Crippen molar-refractivity contribution in [2.24, 2.45) is 7.05 Å². The van der Waals surface area contributed by atoms with Gasteiger partial charge < -0.3 is 15.2 Å². The highest BCUT2D eigenvalue weighted by Crippen LogP contribution is 2.16. The number of carbonyl (C=O) groups excluding carboxylic acids is 2. The monoisotopic (exact) mass is 369 g/mol. The predicted molar refractivity (Wildman–Crippen MR) is 103 cm³/mol. The Balaban J connectivity index is 1.56. The number of rotatable bonds is 7. The van der Waals surface area contributed by atoms with Gasteiger partial charge in [0.05, 0.1) is 12.5 Å². The molecule has 7 nitrogen and oxygen atoms in total. The number of aryl methyl sites for hydroxylation is 2. The second-order valence-electron chi connectivity index (χ2n) is 6.96. The van der Waals surface area contributed by atoms with Crippen LogP contribution in [0.1, 0.15) is 23.4 Å². The fourth-order valence-corrected chi connectivity index (χ4v) is 3.38. The predicted octanol–water partition coefficient (Wildman–Crippen LogP) is 0.778. The Morgan fingerprint density at radius 2 is 2.19 bits per heavy atom. The van der Waals surface area contributed by atoms with Gasteiger partial charge in [-0.05, 0) is 18.1 Å². The maximum absolute atomic E-state index is 12.4. The minimum Gasteiger partial charge on any atom is -0.356 e. The first kappa shape index (κ1) is 19.1. The quantitative estimate of drug-likeness (QED) is 0.756. The van der Waals surface area contributed by atoms with Crippen molar-refractivity contribution in [3.63, 3.8) is 0 Å². The first-order valence-corrected chi connectivity index (χ1v) is 9.34. The first-order chi connectivity index (χ1) is 13.0. The number of piperazine rings is 1. The topological polar surface area (TPSA) is 79.3 Å². The van der Waals surface area contributed by atoms with Crippen LogP contribution in [-0.2, 0) is 29.6 Å². The smallest absolute Gasteiger partial charge is 0.237 e. The summed E-state index contributed by atoms with van der Waals surface area (Å²) in [4.78, 5) is 31.1. The van der Waals surface area contributed by atoms with E-state index in [2.05, 4.69) is 39.6 Å². The van der Waals surface area contributed by atoms with Crippen LogP contribution in [0.5, 0.6) is 0 Å². The van der Waals surface area contributed by atoms with Crippen molar-refractivity contribution in [1.82, 2.24) is 25.1 Å². The van der Waals surface area contributed by atoms with Gasteiger partial charge in [0.2, 0.25) is 11.8 Å². The molecule has 1 aromatic carbocycles. The highest BCUT2D eigenvalue weighted by molar-refractivity contribution is 5.88. The molecule has 0 radical (unpaired) electrons. The summed E-state index contributed by atoms with van der Waals surface area (Å²) < 4.78 is 1.94. The maximum Gasteiger partial charge on any atom is 0.237 e. The van der Waals surface area contributed by atoms with Gasteiger partial charge in [-0.3, -0.25) is 14.5 Å². The number of hydrogen-bond donors (Lipinski definition) is 2. The molecular formula is C20H27N5O2. The second-order valence-corrected chi connectivity index (χ2v) is 6.96. The lowest BCUT2D eigenvalue weighted by Crippen LogP contribution is -2.56. The van der Waals surface area contributed by atoms with Crippen LogP contribution in [-0.4, -0.2) is 51.9 Å². The molecular weight excluding hydrogens is 342 g/mol. The van der Waals surface area contributed by atoms with E-state index >= 15 is 0 Å². The van der Waals surface area contributed by atoms with Crippen LogP contribution in [0.4, 0.5) is 0 Å². The fourth-order valence-electron chi connectivity index (χ4n) is 3.38. The molecule has 0 unspecified atom stereocenters. The van der Waals surface area contributed by atoms with Gasteiger partial charge in [0, 0.05) is 52.0 Å². The molecule has 2 amide bonds. The Bertz CT molecular complexity index is 801. The second kappa shape index (κ2) is 8.81. The average molecular weight is 369 g/mol. The number of benzene rings is 1. The number of carbonyl (C=O) groups is 2. The third-order valence-electron chi connectivity index (χ3n) is 5.05. The third-order valence-corrected chi connectivity index (χ3v) is 5.05. The lowest BCUT2D eigenvalue weighted by Gasteiger charge is -2.35. The van der Waals surface area contributed by atoms with E-state index in [0.29, 0.717) is 26.1 Å². The summed E-state index contributed by atoms with van der Waals surface area (Å²) in [5.74, 6) is 0.738. The van der Waals surface area contributed by atoms with Crippen LogP contribution in [0.25, 0.3) is 0 Å². The van der Waals surface area contributed by atoms with Gasteiger partial charge in [-0.1, -0.05) is 24.3 Å². The summed E-state index contributed by atoms with van der Waals surface area (Å²) in [6.45, 7) is 4.60. The Hall–Kier alpha value is -2.67. The van der Waals surface area contributed by atoms with E-state index in [1.807, 2.05) is 29.9 Å². The molecule has 1 atom stereocenters. The van der Waals surface area contributed by atoms with Crippen LogP contribution in [0.2, 0.25) is 0 Å². The molecule has 27 heavy (non-hydrogen) atoms. The Labute approximate surface area is 159 Å². The summed E-state index contributed by atoms with van der Waals surface area (Å²) in [5.41, 5.74) is 2.38. The van der Waals surface area contributed by atoms with Crippen LogP contribution in [0, 0.1) is 6.92 Å². The molecule has 2 heterocycles. The van der Waals surface area contributed by atoms with E-state index in [9.17, 15) is 9.59 Å². The van der Waals surface area contributed by atoms with Crippen molar-refractivity contribution in [2.75, 3.05) is 19.6 Å². The molecule has 144 valence electrons. The van der Waals surface area contributed by atoms with Crippen LogP contribution < -0.4 is 10.6 Å². The van der Waals surface area contributed by atoms with Crippen molar-refractivity contribution in [3.8, 4) is 0 Å². The van der Waals surface area contributed by atoms with Gasteiger partial charge in [-0.25, -0.2) is 4.98 Å². The maximum atomic E-state index is 12.4. The van der Waals surface area contributed by atoms with Gasteiger partial charge >= 0.3 is 0 Å². The zero-order valence-corrected chi connectivity index (χ0v) is 15.9. The van der Waals surface area contributed by atoms with E-state index < -0.39 is 6.04 Å². The van der Waals surface area contributed by atoms with E-state index in [0.717, 1.165) is 12.4 Å². The summed E-state index contributed by atoms with van der Waals surface area (Å²) in [5, 5.41) is 5.79. The molecule has 1 aromatic heterocycles. The molecule has 0 spiro atoms. The van der Waals surface area contributed by atoms with Crippen LogP contribution >= 0.6 is 0 Å². The van der Waals surface area contributed by atoms with Crippen molar-refractivity contribution < 1.29 is 9.59 Å². The molecule has 0 aliphatic carbocycles. The molecule has 1 aliphatic rings. The molecule has 2 N–H and O–H groups in total. The number of nitrogens with one attached hydrogen (secondary N) is 2. The first-order valence-electron chi connectivity index (χ1n) is 9.34. The summed E-state index contributed by atoms with van der Waals surface area (Å²) in [6, 6.07) is 7.72. The van der Waals surface area contributed by atoms with Crippen LogP contribution in [0.15, 0.2) is 36.7 Å². The molecule has 3 rings (SSSR count). The minimum absolute atomic E-state index is 0.0749. The zero-order valence-electron chi connectivity index (χ0n) is 15.9. The van der Waals surface area contributed by atoms with E-state index in [1.165, 1.54) is 11.1 Å². The van der Waals surface area contributed by atoms with Crippen molar-refractivity contribution in [2.45, 2.75) is 32.4 Å². The molecule has 1 fully saturated rings. The number of imidazole rings is 1. The number of amides is 2. The fraction of sp³-hybridized carbons (Fsp3) is 0.450. The standard InChI is InChI=1S/C20H27N5O2/c1-15-5-3-4-6-16(15)14-25-12-10-23-20(27)17(25)13-19(26)22-8-7-18-21-9-11-24(18)2/h3-6,9,11,17H,7-8,10,12-14H2,1-2H3,(H,22,26)(H,23,27)/t17-/m0/s1. The molecule has 1 aliphatic heterocycles. The lowest BCUT2D eigenvalue weighted by molar-refractivity contribution is -0.134. The van der Waals surface area contributed by atoms with Gasteiger partial charge in [0.1, 0.15) is 5.82 Å². The van der Waals surface area contributed by atoms with Gasteiger partial charge in [-0.15, -0.1) is 0 Å². The molecule has 0 saturated carbocycles. The third kappa shape index (κ3) is 4.95. The molecule has 7 heteroatoms. The van der Waals surface area contributed by atoms with Crippen LogP contribution in [0.3, 0.4) is 0 Å². The Morgan fingerprint density at radius 1 is 1.37 bits per heavy atom.